The molecule has 1 amide bonds. The molecular formula is C43H48F3N7O4. The third-order valence-corrected chi connectivity index (χ3v) is 13.2. The fraction of sp³-hybridized carbons (Fsp3) is 0.535. The molecule has 0 spiro atoms. The van der Waals surface area contributed by atoms with E-state index in [-0.39, 0.29) is 29.7 Å². The van der Waals surface area contributed by atoms with Crippen LogP contribution in [0.2, 0.25) is 0 Å². The lowest BCUT2D eigenvalue weighted by Gasteiger charge is -2.52. The first-order valence-electron chi connectivity index (χ1n) is 20.2. The van der Waals surface area contributed by atoms with E-state index in [4.69, 9.17) is 4.74 Å². The summed E-state index contributed by atoms with van der Waals surface area (Å²) >= 11 is 0. The van der Waals surface area contributed by atoms with E-state index < -0.39 is 46.7 Å². The summed E-state index contributed by atoms with van der Waals surface area (Å²) in [7, 11) is 0. The molecule has 0 radical (unpaired) electrons. The summed E-state index contributed by atoms with van der Waals surface area (Å²) in [5.74, 6) is -1.29. The van der Waals surface area contributed by atoms with Gasteiger partial charge in [0.05, 0.1) is 22.8 Å². The number of piperidine rings is 1. The molecule has 2 bridgehead atoms. The summed E-state index contributed by atoms with van der Waals surface area (Å²) in [5.41, 5.74) is -2.46. The second-order valence-corrected chi connectivity index (χ2v) is 16.8. The summed E-state index contributed by atoms with van der Waals surface area (Å²) < 4.78 is 53.4. The van der Waals surface area contributed by atoms with Crippen molar-refractivity contribution in [3.63, 3.8) is 0 Å². The second kappa shape index (κ2) is 15.3. The predicted octanol–water partition coefficient (Wildman–Crippen LogP) is 8.46. The molecular weight excluding hydrogens is 736 g/mol. The first-order valence-corrected chi connectivity index (χ1v) is 20.2. The van der Waals surface area contributed by atoms with Gasteiger partial charge in [-0.15, -0.1) is 0 Å². The predicted molar refractivity (Wildman–Crippen MR) is 206 cm³/mol. The number of nitrogens with one attached hydrogen (secondary N) is 1. The van der Waals surface area contributed by atoms with Crippen LogP contribution in [0.4, 0.5) is 19.1 Å². The van der Waals surface area contributed by atoms with Gasteiger partial charge in [0.2, 0.25) is 5.95 Å². The minimum atomic E-state index is -5.00. The lowest BCUT2D eigenvalue weighted by molar-refractivity contribution is -0.155. The smallest absolute Gasteiger partial charge is 0.434 e. The molecule has 14 heteroatoms. The third-order valence-electron chi connectivity index (χ3n) is 13.2. The van der Waals surface area contributed by atoms with Crippen molar-refractivity contribution in [2.24, 2.45) is 29.6 Å². The number of nitrogens with zero attached hydrogens (tertiary/aromatic N) is 6. The number of carboxylic acid groups (broad SMARTS) is 1. The number of alkyl halides is 3. The zero-order valence-electron chi connectivity index (χ0n) is 32.2. The maximum absolute atomic E-state index is 14.9. The van der Waals surface area contributed by atoms with Gasteiger partial charge in [-0.2, -0.15) is 18.4 Å². The van der Waals surface area contributed by atoms with E-state index in [0.29, 0.717) is 60.7 Å². The molecule has 3 aromatic heterocycles. The number of ether oxygens (including phenoxy) is 1. The lowest BCUT2D eigenvalue weighted by atomic mass is 9.56. The van der Waals surface area contributed by atoms with Crippen LogP contribution in [0.5, 0.6) is 5.75 Å². The van der Waals surface area contributed by atoms with Gasteiger partial charge in [-0.1, -0.05) is 13.8 Å². The van der Waals surface area contributed by atoms with Gasteiger partial charge in [-0.3, -0.25) is 4.79 Å². The molecule has 300 valence electrons. The number of nitriles is 1. The van der Waals surface area contributed by atoms with Crippen molar-refractivity contribution in [1.29, 1.82) is 5.26 Å². The van der Waals surface area contributed by atoms with E-state index in [1.807, 2.05) is 24.4 Å². The van der Waals surface area contributed by atoms with Gasteiger partial charge in [-0.05, 0) is 105 Å². The van der Waals surface area contributed by atoms with E-state index in [1.165, 1.54) is 6.07 Å². The van der Waals surface area contributed by atoms with Crippen molar-refractivity contribution in [3.8, 4) is 23.1 Å². The zero-order valence-corrected chi connectivity index (χ0v) is 32.2. The molecule has 3 aliphatic carbocycles. The molecule has 5 atom stereocenters. The number of amides is 1. The normalized spacial score (nSPS) is 28.1. The van der Waals surface area contributed by atoms with Gasteiger partial charge in [0.15, 0.2) is 5.69 Å². The molecule has 1 saturated heterocycles. The van der Waals surface area contributed by atoms with Gasteiger partial charge >= 0.3 is 12.1 Å². The number of hydrogen-bond acceptors (Lipinski definition) is 8. The quantitative estimate of drug-likeness (QED) is 0.180. The minimum Gasteiger partial charge on any atom is -0.490 e. The van der Waals surface area contributed by atoms with Crippen molar-refractivity contribution >= 4 is 28.7 Å². The van der Waals surface area contributed by atoms with Crippen molar-refractivity contribution in [1.82, 2.24) is 24.8 Å². The number of carbonyl (C=O) groups is 2. The number of halogens is 3. The molecule has 1 aliphatic heterocycles. The van der Waals surface area contributed by atoms with Gasteiger partial charge in [-0.25, -0.2) is 19.7 Å². The number of rotatable bonds is 8. The fourth-order valence-corrected chi connectivity index (χ4v) is 10.4. The largest absolute Gasteiger partial charge is 0.490 e. The topological polar surface area (TPSA) is 146 Å². The number of carbonyl (C=O) groups excluding carboxylic acids is 1. The molecule has 4 aliphatic rings. The average Bonchev–Trinajstić information content (AvgIpc) is 3.58. The average molecular weight is 784 g/mol. The van der Waals surface area contributed by atoms with E-state index in [1.54, 1.807) is 25.4 Å². The molecule has 11 nitrogen and oxygen atoms in total. The van der Waals surface area contributed by atoms with Crippen LogP contribution in [0.25, 0.3) is 22.2 Å². The van der Waals surface area contributed by atoms with Crippen LogP contribution in [0.1, 0.15) is 100 Å². The standard InChI is InChI=1S/C43H48F3N7O4/c1-25-18-28-20-26(2)42(40(55)56,29(19-25)21-28)51-39(54)34-10-11-36(50-38(34)43(44,45)46)35-24-53(30-6-4-27(23-47)5-7-30)37-22-32(8-9-33(35)37)57-31-12-16-52(17-13-31)41-48-14-3-15-49-41/h3,8-11,14-15,22,24-31H,4-7,12-13,16-21H2,1-2H3,(H,51,54)(H,55,56)/t25?,26?,27-,28?,29?,30-,42?. The Kier molecular flexibility index (Phi) is 10.4. The van der Waals surface area contributed by atoms with E-state index in [9.17, 15) is 33.1 Å². The third kappa shape index (κ3) is 7.41. The highest BCUT2D eigenvalue weighted by atomic mass is 19.4. The Labute approximate surface area is 329 Å². The molecule has 57 heavy (non-hydrogen) atoms. The van der Waals surface area contributed by atoms with Crippen LogP contribution in [0.3, 0.4) is 0 Å². The molecule has 4 fully saturated rings. The summed E-state index contributed by atoms with van der Waals surface area (Å²) in [5, 5.41) is 23.5. The molecule has 5 unspecified atom stereocenters. The Bertz CT molecular complexity index is 2170. The van der Waals surface area contributed by atoms with E-state index in [2.05, 4.69) is 42.7 Å². The Morgan fingerprint density at radius 1 is 0.982 bits per heavy atom. The molecule has 2 N–H and O–H groups in total. The highest BCUT2D eigenvalue weighted by Crippen LogP contribution is 2.51. The van der Waals surface area contributed by atoms with Crippen LogP contribution in [0, 0.1) is 40.9 Å². The second-order valence-electron chi connectivity index (χ2n) is 16.8. The van der Waals surface area contributed by atoms with Crippen LogP contribution in [-0.4, -0.2) is 61.2 Å². The van der Waals surface area contributed by atoms with Crippen LogP contribution < -0.4 is 15.0 Å². The molecule has 8 rings (SSSR count). The SMILES string of the molecule is CC1CC2CC(C)C(NC(=O)c3ccc(-c4cn([C@H]5CC[C@H](C#N)CC5)c5cc(OC6CCN(c7ncccn7)CC6)ccc45)nc3C(F)(F)F)(C(=O)O)C(C1)C2. The number of hydrogen-bond donors (Lipinski definition) is 2. The maximum atomic E-state index is 14.9. The summed E-state index contributed by atoms with van der Waals surface area (Å²) in [6, 6.07) is 12.3. The number of aromatic nitrogens is 4. The summed E-state index contributed by atoms with van der Waals surface area (Å²) in [6.07, 6.45) is 7.39. The Balaban J connectivity index is 1.11. The van der Waals surface area contributed by atoms with Crippen molar-refractivity contribution in [3.05, 3.63) is 66.2 Å². The molecule has 4 aromatic rings. The molecule has 3 saturated carbocycles. The summed E-state index contributed by atoms with van der Waals surface area (Å²) in [6.45, 7) is 5.30. The molecule has 4 heterocycles. The van der Waals surface area contributed by atoms with Gasteiger partial charge in [0, 0.05) is 73.5 Å². The van der Waals surface area contributed by atoms with Crippen molar-refractivity contribution in [2.45, 2.75) is 102 Å². The fourth-order valence-electron chi connectivity index (χ4n) is 10.4. The number of benzene rings is 1. The first-order chi connectivity index (χ1) is 27.3. The number of fused-ring (bicyclic) bond motifs is 3. The highest BCUT2D eigenvalue weighted by Gasteiger charge is 2.57. The Hall–Kier alpha value is -5.19. The number of pyridine rings is 1. The highest BCUT2D eigenvalue weighted by molar-refractivity contribution is 6.00. The van der Waals surface area contributed by atoms with Gasteiger partial charge < -0.3 is 24.6 Å². The lowest BCUT2D eigenvalue weighted by Crippen LogP contribution is -2.66. The van der Waals surface area contributed by atoms with Crippen molar-refractivity contribution < 1.29 is 32.6 Å². The maximum Gasteiger partial charge on any atom is 0.434 e. The Morgan fingerprint density at radius 2 is 1.72 bits per heavy atom. The van der Waals surface area contributed by atoms with Crippen LogP contribution in [-0.2, 0) is 11.0 Å². The minimum absolute atomic E-state index is 0.00847. The van der Waals surface area contributed by atoms with Crippen molar-refractivity contribution in [2.75, 3.05) is 18.0 Å². The van der Waals surface area contributed by atoms with Gasteiger partial charge in [0.1, 0.15) is 17.4 Å². The molecule has 1 aromatic carbocycles. The van der Waals surface area contributed by atoms with Gasteiger partial charge in [0.25, 0.3) is 5.91 Å². The van der Waals surface area contributed by atoms with E-state index >= 15 is 0 Å². The van der Waals surface area contributed by atoms with Crippen LogP contribution in [0.15, 0.2) is 55.0 Å². The summed E-state index contributed by atoms with van der Waals surface area (Å²) in [4.78, 5) is 41.9. The number of aliphatic carboxylic acids is 1. The Morgan fingerprint density at radius 3 is 2.40 bits per heavy atom. The zero-order chi connectivity index (χ0) is 40.1. The monoisotopic (exact) mass is 783 g/mol. The number of carboxylic acids is 1. The van der Waals surface area contributed by atoms with Crippen LogP contribution >= 0.6 is 0 Å². The number of anilines is 1. The first kappa shape index (κ1) is 38.7. The van der Waals surface area contributed by atoms with E-state index in [0.717, 1.165) is 56.8 Å².